The fourth-order valence-electron chi connectivity index (χ4n) is 3.85. The standard InChI is InChI=1S/C24H32IO2P/c1-13-11-17(23(5,6)7)21-19(15(13)3)20-16(4)14(2)12-18(24(8,9)10)22(20)27-28(25)26-21/h11-12H,1-10H3. The summed E-state index contributed by atoms with van der Waals surface area (Å²) in [5.41, 5.74) is 8.57. The van der Waals surface area contributed by atoms with E-state index in [4.69, 9.17) is 8.39 Å². The van der Waals surface area contributed by atoms with Crippen LogP contribution in [0.15, 0.2) is 20.5 Å². The van der Waals surface area contributed by atoms with E-state index < -0.39 is 5.66 Å². The molecular formula is C24H32IO2P. The van der Waals surface area contributed by atoms with Gasteiger partial charge in [0, 0.05) is 21.9 Å². The quantitative estimate of drug-likeness (QED) is 0.282. The molecule has 0 aliphatic carbocycles. The van der Waals surface area contributed by atoms with E-state index in [0.717, 1.165) is 11.2 Å². The van der Waals surface area contributed by atoms with Crippen molar-refractivity contribution in [3.05, 3.63) is 45.5 Å². The Morgan fingerprint density at radius 2 is 1.00 bits per heavy atom. The molecule has 2 nitrogen and oxygen atoms in total. The van der Waals surface area contributed by atoms with Gasteiger partial charge in [-0.1, -0.05) is 53.7 Å². The molecule has 1 heterocycles. The molecule has 0 radical (unpaired) electrons. The Hall–Kier alpha value is -0.930. The molecule has 0 N–H and O–H groups in total. The maximum absolute atomic E-state index is 6.52. The molecule has 0 saturated carbocycles. The lowest BCUT2D eigenvalue weighted by molar-refractivity contribution is 0.570. The highest BCUT2D eigenvalue weighted by molar-refractivity contribution is 14.2. The summed E-state index contributed by atoms with van der Waals surface area (Å²) in [6, 6.07) is 4.60. The van der Waals surface area contributed by atoms with Crippen molar-refractivity contribution in [1.29, 1.82) is 0 Å². The van der Waals surface area contributed by atoms with E-state index in [0.29, 0.717) is 0 Å². The number of halogens is 1. The molecule has 0 spiro atoms. The Kier molecular flexibility index (Phi) is 5.51. The van der Waals surface area contributed by atoms with Gasteiger partial charge in [-0.2, -0.15) is 0 Å². The molecule has 3 rings (SSSR count). The van der Waals surface area contributed by atoms with Gasteiger partial charge in [-0.25, -0.2) is 0 Å². The first-order valence-electron chi connectivity index (χ1n) is 9.85. The van der Waals surface area contributed by atoms with Crippen molar-refractivity contribution in [3.8, 4) is 0 Å². The third kappa shape index (κ3) is 3.65. The maximum atomic E-state index is 6.52. The molecule has 0 aliphatic rings. The number of aryl methyl sites for hydroxylation is 4. The van der Waals surface area contributed by atoms with Gasteiger partial charge in [-0.3, -0.25) is 0 Å². The van der Waals surface area contributed by atoms with Crippen LogP contribution in [0.25, 0.3) is 21.9 Å². The van der Waals surface area contributed by atoms with E-state index in [1.807, 2.05) is 0 Å². The maximum Gasteiger partial charge on any atom is 0.286 e. The van der Waals surface area contributed by atoms with E-state index in [9.17, 15) is 0 Å². The van der Waals surface area contributed by atoms with E-state index >= 15 is 0 Å². The van der Waals surface area contributed by atoms with Crippen molar-refractivity contribution >= 4 is 49.6 Å². The van der Waals surface area contributed by atoms with Crippen molar-refractivity contribution in [2.45, 2.75) is 80.1 Å². The molecular weight excluding hydrogens is 478 g/mol. The van der Waals surface area contributed by atoms with Gasteiger partial charge in [0.25, 0.3) is 5.66 Å². The Bertz CT molecular complexity index is 1040. The van der Waals surface area contributed by atoms with Gasteiger partial charge >= 0.3 is 0 Å². The topological polar surface area (TPSA) is 26.3 Å². The summed E-state index contributed by atoms with van der Waals surface area (Å²) in [5.74, 6) is 0. The SMILES string of the molecule is Cc1cc(C(C)(C)C)c2op(I)oc3c(C(C)(C)C)cc(C)c(C)c3c2c1C. The zero-order valence-electron chi connectivity index (χ0n) is 18.8. The lowest BCUT2D eigenvalue weighted by atomic mass is 9.81. The van der Waals surface area contributed by atoms with Crippen molar-refractivity contribution in [2.75, 3.05) is 0 Å². The van der Waals surface area contributed by atoms with Crippen molar-refractivity contribution in [1.82, 2.24) is 0 Å². The average molecular weight is 510 g/mol. The van der Waals surface area contributed by atoms with Crippen molar-refractivity contribution in [3.63, 3.8) is 0 Å². The minimum Gasteiger partial charge on any atom is -0.412 e. The van der Waals surface area contributed by atoms with Crippen LogP contribution in [0, 0.1) is 27.7 Å². The summed E-state index contributed by atoms with van der Waals surface area (Å²) >= 11 is 2.33. The Morgan fingerprint density at radius 3 is 1.29 bits per heavy atom. The molecule has 0 amide bonds. The van der Waals surface area contributed by atoms with Crippen LogP contribution < -0.4 is 0 Å². The number of hydrogen-bond acceptors (Lipinski definition) is 2. The highest BCUT2D eigenvalue weighted by Crippen LogP contribution is 2.47. The van der Waals surface area contributed by atoms with Crippen molar-refractivity contribution < 1.29 is 8.39 Å². The van der Waals surface area contributed by atoms with Gasteiger partial charge in [0.2, 0.25) is 0 Å². The van der Waals surface area contributed by atoms with Gasteiger partial charge in [0.05, 0.1) is 22.0 Å². The molecule has 3 aromatic rings. The number of fused-ring (bicyclic) bond motifs is 3. The normalized spacial score (nSPS) is 12.8. The van der Waals surface area contributed by atoms with Crippen LogP contribution in [0.1, 0.15) is 74.9 Å². The zero-order valence-corrected chi connectivity index (χ0v) is 21.8. The molecule has 2 aromatic carbocycles. The van der Waals surface area contributed by atoms with Gasteiger partial charge in [0.1, 0.15) is 11.2 Å². The predicted octanol–water partition coefficient (Wildman–Crippen LogP) is 9.32. The van der Waals surface area contributed by atoms with Crippen LogP contribution in [-0.4, -0.2) is 0 Å². The van der Waals surface area contributed by atoms with E-state index in [1.165, 1.54) is 44.2 Å². The van der Waals surface area contributed by atoms with E-state index in [2.05, 4.69) is 103 Å². The van der Waals surface area contributed by atoms with E-state index in [-0.39, 0.29) is 10.8 Å². The second kappa shape index (κ2) is 7.09. The highest BCUT2D eigenvalue weighted by Gasteiger charge is 2.26. The summed E-state index contributed by atoms with van der Waals surface area (Å²) in [4.78, 5) is 0. The summed E-state index contributed by atoms with van der Waals surface area (Å²) in [6.45, 7) is 22.4. The van der Waals surface area contributed by atoms with E-state index in [1.54, 1.807) is 0 Å². The first kappa shape index (κ1) is 21.8. The fraction of sp³-hybridized carbons (Fsp3) is 0.500. The number of benzene rings is 2. The Balaban J connectivity index is 2.81. The smallest absolute Gasteiger partial charge is 0.286 e. The third-order valence-electron chi connectivity index (χ3n) is 5.79. The molecule has 28 heavy (non-hydrogen) atoms. The van der Waals surface area contributed by atoms with Gasteiger partial charge in [-0.15, -0.1) is 0 Å². The van der Waals surface area contributed by atoms with Crippen LogP contribution in [0.4, 0.5) is 0 Å². The molecule has 0 atom stereocenters. The minimum atomic E-state index is -1.09. The lowest BCUT2D eigenvalue weighted by Gasteiger charge is -2.23. The second-order valence-corrected chi connectivity index (χ2v) is 13.2. The fourth-order valence-corrected chi connectivity index (χ4v) is 5.74. The highest BCUT2D eigenvalue weighted by atomic mass is 127. The molecule has 0 saturated heterocycles. The zero-order chi connectivity index (χ0) is 21.2. The summed E-state index contributed by atoms with van der Waals surface area (Å²) < 4.78 is 13.0. The summed E-state index contributed by atoms with van der Waals surface area (Å²) in [6.07, 6.45) is 0. The average Bonchev–Trinajstić information content (AvgIpc) is 2.68. The van der Waals surface area contributed by atoms with Crippen LogP contribution in [0.5, 0.6) is 0 Å². The number of hydrogen-bond donors (Lipinski definition) is 0. The number of rotatable bonds is 0. The molecule has 0 bridgehead atoms. The second-order valence-electron chi connectivity index (χ2n) is 10.0. The summed E-state index contributed by atoms with van der Waals surface area (Å²) in [7, 11) is 0. The van der Waals surface area contributed by atoms with Gasteiger partial charge < -0.3 is 8.39 Å². The first-order valence-corrected chi connectivity index (χ1v) is 13.8. The largest absolute Gasteiger partial charge is 0.412 e. The first-order chi connectivity index (χ1) is 12.7. The van der Waals surface area contributed by atoms with Crippen LogP contribution in [-0.2, 0) is 10.8 Å². The molecule has 0 fully saturated rings. The molecule has 1 aromatic heterocycles. The monoisotopic (exact) mass is 510 g/mol. The van der Waals surface area contributed by atoms with Gasteiger partial charge in [-0.05, 0) is 60.8 Å². The summed E-state index contributed by atoms with van der Waals surface area (Å²) in [5, 5.41) is 2.43. The Labute approximate surface area is 183 Å². The molecule has 4 heteroatoms. The minimum absolute atomic E-state index is 0.00948. The van der Waals surface area contributed by atoms with Gasteiger partial charge in [0.15, 0.2) is 0 Å². The Morgan fingerprint density at radius 1 is 0.679 bits per heavy atom. The van der Waals surface area contributed by atoms with Crippen LogP contribution in [0.3, 0.4) is 0 Å². The molecule has 152 valence electrons. The van der Waals surface area contributed by atoms with Crippen LogP contribution >= 0.6 is 27.7 Å². The van der Waals surface area contributed by atoms with Crippen molar-refractivity contribution in [2.24, 2.45) is 0 Å². The third-order valence-corrected chi connectivity index (χ3v) is 7.62. The lowest BCUT2D eigenvalue weighted by Crippen LogP contribution is -2.13. The molecule has 0 aliphatic heterocycles. The van der Waals surface area contributed by atoms with Crippen LogP contribution in [0.2, 0.25) is 0 Å². The molecule has 0 unspecified atom stereocenters. The predicted molar refractivity (Wildman–Crippen MR) is 132 cm³/mol.